The Morgan fingerprint density at radius 2 is 0.719 bits per heavy atom. The summed E-state index contributed by atoms with van der Waals surface area (Å²) >= 11 is 0. The van der Waals surface area contributed by atoms with Crippen molar-refractivity contribution in [2.24, 2.45) is 0 Å². The van der Waals surface area contributed by atoms with Crippen LogP contribution >= 0.6 is 0 Å². The topological polar surface area (TPSA) is 20.2 Å². The lowest BCUT2D eigenvalue weighted by Crippen LogP contribution is -2.15. The van der Waals surface area contributed by atoms with Crippen molar-refractivity contribution in [1.29, 1.82) is 0 Å². The minimum Gasteiger partial charge on any atom is -0.392 e. The second-order valence-corrected chi connectivity index (χ2v) is 8.66. The molecule has 0 bridgehead atoms. The van der Waals surface area contributed by atoms with E-state index in [1.165, 1.54) is 54.2 Å². The van der Waals surface area contributed by atoms with E-state index in [9.17, 15) is 5.11 Å². The molecule has 0 fully saturated rings. The standard InChI is InChI=1S/C31H24O/c32-25(19-30-26-13-5-1-9-21(26)17-22-10-2-6-14-27(22)30)20-31-28-15-7-3-11-23(28)18-24-12-4-8-16-29(24)31/h1-18,25,32H,19-20H2. The highest BCUT2D eigenvalue weighted by molar-refractivity contribution is 6.03. The van der Waals surface area contributed by atoms with Crippen LogP contribution in [0.1, 0.15) is 11.1 Å². The van der Waals surface area contributed by atoms with Gasteiger partial charge in [0.05, 0.1) is 6.10 Å². The predicted molar refractivity (Wildman–Crippen MR) is 136 cm³/mol. The molecule has 0 aliphatic carbocycles. The van der Waals surface area contributed by atoms with Gasteiger partial charge >= 0.3 is 0 Å². The van der Waals surface area contributed by atoms with Crippen LogP contribution in [0.25, 0.3) is 43.1 Å². The molecule has 6 aromatic carbocycles. The third-order valence-corrected chi connectivity index (χ3v) is 6.65. The SMILES string of the molecule is OC(Cc1c2ccccc2cc2ccccc12)Cc1c2ccccc2cc2ccccc12. The van der Waals surface area contributed by atoms with Gasteiger partial charge in [0.15, 0.2) is 0 Å². The highest BCUT2D eigenvalue weighted by atomic mass is 16.3. The van der Waals surface area contributed by atoms with E-state index in [-0.39, 0.29) is 0 Å². The normalized spacial score (nSPS) is 11.8. The molecule has 6 rings (SSSR count). The minimum atomic E-state index is -0.474. The van der Waals surface area contributed by atoms with Crippen LogP contribution in [-0.4, -0.2) is 11.2 Å². The summed E-state index contributed by atoms with van der Waals surface area (Å²) in [6, 6.07) is 38.5. The van der Waals surface area contributed by atoms with E-state index >= 15 is 0 Å². The van der Waals surface area contributed by atoms with Crippen molar-refractivity contribution in [2.75, 3.05) is 0 Å². The van der Waals surface area contributed by atoms with Crippen LogP contribution in [0.5, 0.6) is 0 Å². The van der Waals surface area contributed by atoms with Gasteiger partial charge < -0.3 is 5.11 Å². The van der Waals surface area contributed by atoms with E-state index in [0.29, 0.717) is 12.8 Å². The van der Waals surface area contributed by atoms with Crippen molar-refractivity contribution in [3.05, 3.63) is 120 Å². The van der Waals surface area contributed by atoms with Gasteiger partial charge in [-0.15, -0.1) is 0 Å². The summed E-state index contributed by atoms with van der Waals surface area (Å²) in [6.45, 7) is 0. The highest BCUT2D eigenvalue weighted by Gasteiger charge is 2.16. The Labute approximate surface area is 187 Å². The maximum absolute atomic E-state index is 11.4. The molecule has 1 nitrogen and oxygen atoms in total. The van der Waals surface area contributed by atoms with Gasteiger partial charge in [0.2, 0.25) is 0 Å². The van der Waals surface area contributed by atoms with E-state index in [1.807, 2.05) is 0 Å². The number of fused-ring (bicyclic) bond motifs is 4. The fourth-order valence-electron chi connectivity index (χ4n) is 5.20. The number of benzene rings is 6. The van der Waals surface area contributed by atoms with Gasteiger partial charge in [-0.3, -0.25) is 0 Å². The first-order chi connectivity index (χ1) is 15.8. The molecule has 0 aliphatic rings. The van der Waals surface area contributed by atoms with Crippen molar-refractivity contribution in [2.45, 2.75) is 18.9 Å². The Balaban J connectivity index is 1.47. The molecule has 154 valence electrons. The molecule has 0 aromatic heterocycles. The van der Waals surface area contributed by atoms with Gasteiger partial charge in [0.25, 0.3) is 0 Å². The molecule has 1 heteroatoms. The van der Waals surface area contributed by atoms with Crippen molar-refractivity contribution < 1.29 is 5.11 Å². The maximum atomic E-state index is 11.4. The van der Waals surface area contributed by atoms with E-state index in [0.717, 1.165) is 0 Å². The molecule has 0 unspecified atom stereocenters. The summed E-state index contributed by atoms with van der Waals surface area (Å²) in [4.78, 5) is 0. The molecule has 0 radical (unpaired) electrons. The van der Waals surface area contributed by atoms with E-state index in [4.69, 9.17) is 0 Å². The second-order valence-electron chi connectivity index (χ2n) is 8.66. The minimum absolute atomic E-state index is 0.474. The van der Waals surface area contributed by atoms with Crippen LogP contribution in [0.2, 0.25) is 0 Å². The van der Waals surface area contributed by atoms with Crippen molar-refractivity contribution in [3.8, 4) is 0 Å². The number of rotatable bonds is 4. The van der Waals surface area contributed by atoms with Crippen LogP contribution in [0, 0.1) is 0 Å². The summed E-state index contributed by atoms with van der Waals surface area (Å²) in [5.74, 6) is 0. The monoisotopic (exact) mass is 412 g/mol. The quantitative estimate of drug-likeness (QED) is 0.298. The van der Waals surface area contributed by atoms with Crippen LogP contribution in [0.15, 0.2) is 109 Å². The zero-order valence-corrected chi connectivity index (χ0v) is 17.8. The zero-order valence-electron chi connectivity index (χ0n) is 17.8. The molecule has 0 spiro atoms. The number of hydrogen-bond acceptors (Lipinski definition) is 1. The van der Waals surface area contributed by atoms with Gasteiger partial charge in [-0.2, -0.15) is 0 Å². The highest BCUT2D eigenvalue weighted by Crippen LogP contribution is 2.32. The van der Waals surface area contributed by atoms with E-state index in [2.05, 4.69) is 109 Å². The molecule has 0 heterocycles. The molecule has 0 saturated carbocycles. The Morgan fingerprint density at radius 1 is 0.438 bits per heavy atom. The average molecular weight is 413 g/mol. The average Bonchev–Trinajstić information content (AvgIpc) is 2.84. The lowest BCUT2D eigenvalue weighted by molar-refractivity contribution is 0.177. The summed E-state index contributed by atoms with van der Waals surface area (Å²) in [6.07, 6.45) is 0.775. The van der Waals surface area contributed by atoms with Crippen LogP contribution in [-0.2, 0) is 12.8 Å². The van der Waals surface area contributed by atoms with Crippen LogP contribution in [0.4, 0.5) is 0 Å². The molecule has 0 atom stereocenters. The van der Waals surface area contributed by atoms with E-state index in [1.54, 1.807) is 0 Å². The largest absolute Gasteiger partial charge is 0.392 e. The summed E-state index contributed by atoms with van der Waals surface area (Å²) in [5.41, 5.74) is 2.46. The van der Waals surface area contributed by atoms with Gasteiger partial charge in [0.1, 0.15) is 0 Å². The number of hydrogen-bond donors (Lipinski definition) is 1. The lowest BCUT2D eigenvalue weighted by atomic mass is 9.89. The molecule has 32 heavy (non-hydrogen) atoms. The molecule has 6 aromatic rings. The summed E-state index contributed by atoms with van der Waals surface area (Å²) in [5, 5.41) is 21.2. The van der Waals surface area contributed by atoms with Gasteiger partial charge in [-0.25, -0.2) is 0 Å². The molecule has 0 saturated heterocycles. The van der Waals surface area contributed by atoms with Gasteiger partial charge in [-0.05, 0) is 79.2 Å². The first-order valence-corrected chi connectivity index (χ1v) is 11.2. The smallest absolute Gasteiger partial charge is 0.0621 e. The van der Waals surface area contributed by atoms with Crippen LogP contribution in [0.3, 0.4) is 0 Å². The molecule has 0 amide bonds. The fourth-order valence-corrected chi connectivity index (χ4v) is 5.20. The fraction of sp³-hybridized carbons (Fsp3) is 0.0968. The Kier molecular flexibility index (Phi) is 4.63. The number of aliphatic hydroxyl groups excluding tert-OH is 1. The molecule has 1 N–H and O–H groups in total. The van der Waals surface area contributed by atoms with Crippen LogP contribution < -0.4 is 0 Å². The Bertz CT molecular complexity index is 1370. The zero-order chi connectivity index (χ0) is 21.5. The summed E-state index contributed by atoms with van der Waals surface area (Å²) < 4.78 is 0. The molecule has 0 aliphatic heterocycles. The predicted octanol–water partition coefficient (Wildman–Crippen LogP) is 7.45. The maximum Gasteiger partial charge on any atom is 0.0621 e. The van der Waals surface area contributed by atoms with Gasteiger partial charge in [0, 0.05) is 0 Å². The molecular weight excluding hydrogens is 388 g/mol. The first-order valence-electron chi connectivity index (χ1n) is 11.2. The van der Waals surface area contributed by atoms with Crippen molar-refractivity contribution in [3.63, 3.8) is 0 Å². The van der Waals surface area contributed by atoms with E-state index < -0.39 is 6.10 Å². The third-order valence-electron chi connectivity index (χ3n) is 6.65. The van der Waals surface area contributed by atoms with Crippen molar-refractivity contribution in [1.82, 2.24) is 0 Å². The number of aliphatic hydroxyl groups is 1. The first kappa shape index (κ1) is 19.0. The second kappa shape index (κ2) is 7.78. The third kappa shape index (κ3) is 3.23. The Morgan fingerprint density at radius 3 is 1.03 bits per heavy atom. The van der Waals surface area contributed by atoms with Gasteiger partial charge in [-0.1, -0.05) is 97.1 Å². The summed E-state index contributed by atoms with van der Waals surface area (Å²) in [7, 11) is 0. The van der Waals surface area contributed by atoms with Crippen molar-refractivity contribution >= 4 is 43.1 Å². The lowest BCUT2D eigenvalue weighted by Gasteiger charge is -2.18. The Hall–Kier alpha value is -3.68. The molecular formula is C31H24O.